The van der Waals surface area contributed by atoms with Gasteiger partial charge in [0.05, 0.1) is 19.1 Å². The molecule has 1 aliphatic heterocycles. The van der Waals surface area contributed by atoms with Crippen LogP contribution < -0.4 is 10.2 Å². The van der Waals surface area contributed by atoms with Gasteiger partial charge in [-0.25, -0.2) is 4.99 Å². The van der Waals surface area contributed by atoms with Gasteiger partial charge in [-0.2, -0.15) is 0 Å². The van der Waals surface area contributed by atoms with Crippen molar-refractivity contribution >= 4 is 34.8 Å². The summed E-state index contributed by atoms with van der Waals surface area (Å²) in [6.45, 7) is 8.08. The lowest BCUT2D eigenvalue weighted by Crippen LogP contribution is -2.35. The Labute approximate surface area is 183 Å². The van der Waals surface area contributed by atoms with E-state index in [2.05, 4.69) is 15.2 Å². The number of hydrogen-bond acceptors (Lipinski definition) is 5. The van der Waals surface area contributed by atoms with Crippen molar-refractivity contribution in [1.29, 1.82) is 0 Å². The highest BCUT2D eigenvalue weighted by Gasteiger charge is 2.25. The Kier molecular flexibility index (Phi) is 9.02. The lowest BCUT2D eigenvalue weighted by atomic mass is 9.95. The fourth-order valence-electron chi connectivity index (χ4n) is 3.43. The first-order chi connectivity index (χ1) is 14.3. The number of amides is 2. The normalized spacial score (nSPS) is 16.2. The summed E-state index contributed by atoms with van der Waals surface area (Å²) >= 11 is 6.34. The molecule has 1 unspecified atom stereocenters. The Morgan fingerprint density at radius 2 is 1.80 bits per heavy atom. The van der Waals surface area contributed by atoms with Crippen LogP contribution in [-0.2, 0) is 14.3 Å². The third-order valence-corrected chi connectivity index (χ3v) is 5.32. The number of rotatable bonds is 10. The van der Waals surface area contributed by atoms with Crippen LogP contribution in [0, 0.1) is 12.8 Å². The second kappa shape index (κ2) is 11.2. The van der Waals surface area contributed by atoms with Crippen molar-refractivity contribution in [2.75, 3.05) is 52.0 Å². The van der Waals surface area contributed by atoms with Gasteiger partial charge < -0.3 is 19.7 Å². The predicted molar refractivity (Wildman–Crippen MR) is 120 cm³/mol. The second-order valence-corrected chi connectivity index (χ2v) is 7.75. The van der Waals surface area contributed by atoms with Crippen molar-refractivity contribution in [3.8, 4) is 0 Å². The summed E-state index contributed by atoms with van der Waals surface area (Å²) in [7, 11) is 3.29. The first-order valence-corrected chi connectivity index (χ1v) is 10.2. The molecule has 0 radical (unpaired) electrons. The van der Waals surface area contributed by atoms with Crippen molar-refractivity contribution in [3.63, 3.8) is 0 Å². The number of hydrogen-bond donors (Lipinski definition) is 1. The summed E-state index contributed by atoms with van der Waals surface area (Å²) < 4.78 is 10.4. The maximum absolute atomic E-state index is 12.9. The molecule has 1 aromatic carbocycles. The number of anilines is 1. The van der Waals surface area contributed by atoms with Crippen molar-refractivity contribution in [3.05, 3.63) is 39.9 Å². The number of dihydropyridines is 1. The molecule has 7 nitrogen and oxygen atoms in total. The molecule has 0 bridgehead atoms. The van der Waals surface area contributed by atoms with Gasteiger partial charge in [-0.15, -0.1) is 0 Å². The topological polar surface area (TPSA) is 80.2 Å². The van der Waals surface area contributed by atoms with E-state index in [0.29, 0.717) is 42.6 Å². The molecule has 2 amide bonds. The Morgan fingerprint density at radius 1 is 1.17 bits per heavy atom. The zero-order valence-electron chi connectivity index (χ0n) is 18.3. The molecule has 164 valence electrons. The number of carbonyl (C=O) groups is 2. The highest BCUT2D eigenvalue weighted by atomic mass is 35.5. The van der Waals surface area contributed by atoms with E-state index >= 15 is 0 Å². The number of aliphatic imine (C=N–C) groups is 1. The molecule has 1 aromatic rings. The lowest BCUT2D eigenvalue weighted by molar-refractivity contribution is -0.120. The van der Waals surface area contributed by atoms with E-state index in [1.165, 1.54) is 0 Å². The first kappa shape index (κ1) is 24.1. The highest BCUT2D eigenvalue weighted by Crippen LogP contribution is 2.28. The minimum atomic E-state index is -0.448. The van der Waals surface area contributed by atoms with Gasteiger partial charge in [0.15, 0.2) is 0 Å². The molecule has 30 heavy (non-hydrogen) atoms. The molecule has 0 aromatic heterocycles. The summed E-state index contributed by atoms with van der Waals surface area (Å²) in [6.07, 6.45) is 1.87. The van der Waals surface area contributed by atoms with Gasteiger partial charge in [-0.3, -0.25) is 9.59 Å². The van der Waals surface area contributed by atoms with Crippen LogP contribution in [-0.4, -0.2) is 64.6 Å². The molecule has 1 atom stereocenters. The van der Waals surface area contributed by atoms with E-state index in [0.717, 1.165) is 16.8 Å². The van der Waals surface area contributed by atoms with E-state index < -0.39 is 5.92 Å². The molecule has 1 heterocycles. The first-order valence-electron chi connectivity index (χ1n) is 9.87. The second-order valence-electron chi connectivity index (χ2n) is 7.31. The van der Waals surface area contributed by atoms with Crippen molar-refractivity contribution in [2.45, 2.75) is 20.8 Å². The summed E-state index contributed by atoms with van der Waals surface area (Å²) in [6, 6.07) is 3.49. The molecule has 8 heteroatoms. The minimum Gasteiger partial charge on any atom is -0.383 e. The van der Waals surface area contributed by atoms with Gasteiger partial charge in [0.1, 0.15) is 0 Å². The number of nitrogens with zero attached hydrogens (tertiary/aromatic N) is 2. The van der Waals surface area contributed by atoms with Gasteiger partial charge in [-0.1, -0.05) is 17.2 Å². The van der Waals surface area contributed by atoms with Gasteiger partial charge >= 0.3 is 0 Å². The summed E-state index contributed by atoms with van der Waals surface area (Å²) in [5.74, 6) is -0.959. The molecule has 1 aliphatic rings. The van der Waals surface area contributed by atoms with E-state index in [1.807, 2.05) is 26.0 Å². The average molecular weight is 436 g/mol. The molecule has 0 fully saturated rings. The Morgan fingerprint density at radius 3 is 2.37 bits per heavy atom. The minimum absolute atomic E-state index is 0.190. The Bertz CT molecular complexity index is 843. The van der Waals surface area contributed by atoms with Crippen LogP contribution in [0.4, 0.5) is 5.69 Å². The van der Waals surface area contributed by atoms with Gasteiger partial charge in [0.2, 0.25) is 0 Å². The molecule has 0 saturated carbocycles. The number of allylic oxidation sites excluding steroid dienone is 1. The number of ether oxygens (including phenoxy) is 2. The van der Waals surface area contributed by atoms with Crippen molar-refractivity contribution in [2.24, 2.45) is 10.9 Å². The van der Waals surface area contributed by atoms with Crippen LogP contribution >= 0.6 is 11.6 Å². The average Bonchev–Trinajstić information content (AvgIpc) is 2.68. The fourth-order valence-corrected chi connectivity index (χ4v) is 3.64. The van der Waals surface area contributed by atoms with Gasteiger partial charge in [0, 0.05) is 55.8 Å². The van der Waals surface area contributed by atoms with Gasteiger partial charge in [0.25, 0.3) is 11.8 Å². The quantitative estimate of drug-likeness (QED) is 0.611. The summed E-state index contributed by atoms with van der Waals surface area (Å²) in [4.78, 5) is 31.2. The van der Waals surface area contributed by atoms with Crippen LogP contribution in [0.5, 0.6) is 0 Å². The molecule has 0 saturated heterocycles. The highest BCUT2D eigenvalue weighted by molar-refractivity contribution is 6.31. The molecule has 1 N–H and O–H groups in total. The number of benzene rings is 1. The number of carbonyl (C=O) groups excluding carboxylic acids is 2. The molecule has 2 rings (SSSR count). The van der Waals surface area contributed by atoms with E-state index in [-0.39, 0.29) is 18.4 Å². The van der Waals surface area contributed by atoms with Crippen LogP contribution in [0.1, 0.15) is 29.8 Å². The van der Waals surface area contributed by atoms with E-state index in [4.69, 9.17) is 21.1 Å². The number of methoxy groups -OCH3 is 2. The van der Waals surface area contributed by atoms with Crippen LogP contribution in [0.15, 0.2) is 28.8 Å². The van der Waals surface area contributed by atoms with Crippen LogP contribution in [0.2, 0.25) is 5.02 Å². The number of halogens is 1. The molecule has 0 aliphatic carbocycles. The van der Waals surface area contributed by atoms with E-state index in [1.54, 1.807) is 27.2 Å². The predicted octanol–water partition coefficient (Wildman–Crippen LogP) is 3.04. The fraction of sp³-hybridized carbons (Fsp3) is 0.500. The largest absolute Gasteiger partial charge is 0.383 e. The number of nitrogens with one attached hydrogen (secondary N) is 1. The van der Waals surface area contributed by atoms with Crippen molar-refractivity contribution < 1.29 is 19.1 Å². The molecular weight excluding hydrogens is 406 g/mol. The van der Waals surface area contributed by atoms with Gasteiger partial charge in [-0.05, 0) is 44.5 Å². The van der Waals surface area contributed by atoms with Crippen molar-refractivity contribution in [1.82, 2.24) is 5.32 Å². The summed E-state index contributed by atoms with van der Waals surface area (Å²) in [5, 5.41) is 3.33. The summed E-state index contributed by atoms with van der Waals surface area (Å²) in [5.41, 5.74) is 3.71. The van der Waals surface area contributed by atoms with Crippen LogP contribution in [0.3, 0.4) is 0 Å². The third-order valence-electron chi connectivity index (χ3n) is 5.10. The molecular formula is C22H30ClN3O4. The lowest BCUT2D eigenvalue weighted by Gasteiger charge is -2.27. The molecule has 0 spiro atoms. The zero-order valence-corrected chi connectivity index (χ0v) is 19.0. The zero-order chi connectivity index (χ0) is 22.3. The maximum atomic E-state index is 12.9. The third kappa shape index (κ3) is 6.14. The smallest absolute Gasteiger partial charge is 0.254 e. The standard InChI is InChI=1S/C22H30ClN3O4/c1-14-10-15(2)25-22(28)19(14)13-24-21(27)18-11-17(23)12-20(16(18)3)26(6-8-29-4)7-9-30-5/h10-12,19H,6-9,13H2,1-5H3,(H,24,27). The monoisotopic (exact) mass is 435 g/mol. The Hall–Kier alpha value is -2.22. The van der Waals surface area contributed by atoms with E-state index in [9.17, 15) is 9.59 Å². The van der Waals surface area contributed by atoms with Crippen LogP contribution in [0.25, 0.3) is 0 Å². The SMILES string of the molecule is COCCN(CCOC)c1cc(Cl)cc(C(=O)NCC2C(=O)N=C(C)C=C2C)c1C. The maximum Gasteiger partial charge on any atom is 0.254 e. The Balaban J connectivity index is 2.21.